The second kappa shape index (κ2) is 5.55. The lowest BCUT2D eigenvalue weighted by atomic mass is 9.96. The van der Waals surface area contributed by atoms with Gasteiger partial charge in [-0.1, -0.05) is 20.8 Å². The van der Waals surface area contributed by atoms with Crippen LogP contribution in [0.2, 0.25) is 0 Å². The molecule has 0 bridgehead atoms. The van der Waals surface area contributed by atoms with Crippen molar-refractivity contribution in [2.24, 2.45) is 0 Å². The van der Waals surface area contributed by atoms with E-state index in [0.29, 0.717) is 23.1 Å². The van der Waals surface area contributed by atoms with Crippen LogP contribution in [-0.4, -0.2) is 29.2 Å². The minimum atomic E-state index is -0.214. The number of hydrogen-bond acceptors (Lipinski definition) is 6. The molecular weight excluding hydrogens is 268 g/mol. The Morgan fingerprint density at radius 3 is 1.95 bits per heavy atom. The number of anilines is 1. The van der Waals surface area contributed by atoms with Gasteiger partial charge in [0.2, 0.25) is 5.95 Å². The monoisotopic (exact) mass is 288 g/mol. The van der Waals surface area contributed by atoms with Crippen LogP contribution < -0.4 is 15.2 Å². The van der Waals surface area contributed by atoms with Crippen molar-refractivity contribution in [2.75, 3.05) is 20.0 Å². The highest BCUT2D eigenvalue weighted by Crippen LogP contribution is 2.29. The number of methoxy groups -OCH3 is 2. The largest absolute Gasteiger partial charge is 0.497 e. The van der Waals surface area contributed by atoms with Gasteiger partial charge >= 0.3 is 0 Å². The first-order valence-electron chi connectivity index (χ1n) is 6.59. The standard InChI is InChI=1S/C15H20N4O2/c1-15(2,3)13-17-12(18-14(16)19-13)9-6-10(20-4)8-11(7-9)21-5/h6-8H,1-5H3,(H2,16,17,18,19). The van der Waals surface area contributed by atoms with E-state index in [-0.39, 0.29) is 11.4 Å². The molecule has 0 radical (unpaired) electrons. The Kier molecular flexibility index (Phi) is 3.97. The highest BCUT2D eigenvalue weighted by molar-refractivity contribution is 5.61. The Hall–Kier alpha value is -2.37. The van der Waals surface area contributed by atoms with Crippen LogP contribution in [0, 0.1) is 0 Å². The van der Waals surface area contributed by atoms with Crippen molar-refractivity contribution in [1.82, 2.24) is 15.0 Å². The lowest BCUT2D eigenvalue weighted by Gasteiger charge is -2.17. The molecule has 1 aromatic heterocycles. The molecule has 1 aromatic carbocycles. The average molecular weight is 288 g/mol. The first kappa shape index (κ1) is 15.0. The summed E-state index contributed by atoms with van der Waals surface area (Å²) in [6, 6.07) is 5.46. The Balaban J connectivity index is 2.58. The van der Waals surface area contributed by atoms with Crippen LogP contribution in [0.25, 0.3) is 11.4 Å². The number of nitrogen functional groups attached to an aromatic ring is 1. The molecule has 21 heavy (non-hydrogen) atoms. The van der Waals surface area contributed by atoms with Crippen LogP contribution in [0.3, 0.4) is 0 Å². The maximum atomic E-state index is 5.81. The minimum Gasteiger partial charge on any atom is -0.497 e. The summed E-state index contributed by atoms with van der Waals surface area (Å²) in [6.07, 6.45) is 0. The zero-order chi connectivity index (χ0) is 15.6. The fourth-order valence-electron chi connectivity index (χ4n) is 1.79. The van der Waals surface area contributed by atoms with Crippen molar-refractivity contribution in [3.8, 4) is 22.9 Å². The summed E-state index contributed by atoms with van der Waals surface area (Å²) in [7, 11) is 3.20. The summed E-state index contributed by atoms with van der Waals surface area (Å²) in [4.78, 5) is 12.9. The van der Waals surface area contributed by atoms with Gasteiger partial charge in [-0.25, -0.2) is 4.98 Å². The second-order valence-corrected chi connectivity index (χ2v) is 5.69. The predicted octanol–water partition coefficient (Wildman–Crippen LogP) is 2.44. The lowest BCUT2D eigenvalue weighted by Crippen LogP contribution is -2.18. The first-order valence-corrected chi connectivity index (χ1v) is 6.59. The maximum Gasteiger partial charge on any atom is 0.223 e. The summed E-state index contributed by atoms with van der Waals surface area (Å²) in [5.74, 6) is 2.68. The first-order chi connectivity index (χ1) is 9.83. The third-order valence-electron chi connectivity index (χ3n) is 2.93. The fourth-order valence-corrected chi connectivity index (χ4v) is 1.79. The molecule has 0 aliphatic carbocycles. The van der Waals surface area contributed by atoms with Gasteiger partial charge in [0, 0.05) is 17.0 Å². The Bertz CT molecular complexity index is 628. The third kappa shape index (κ3) is 3.39. The van der Waals surface area contributed by atoms with Gasteiger partial charge in [-0.2, -0.15) is 9.97 Å². The molecule has 0 aliphatic rings. The molecule has 112 valence electrons. The molecule has 2 aromatic rings. The topological polar surface area (TPSA) is 83.2 Å². The summed E-state index contributed by atoms with van der Waals surface area (Å²) in [6.45, 7) is 6.08. The van der Waals surface area contributed by atoms with Crippen LogP contribution in [0.15, 0.2) is 18.2 Å². The van der Waals surface area contributed by atoms with E-state index in [4.69, 9.17) is 15.2 Å². The van der Waals surface area contributed by atoms with Crippen molar-refractivity contribution >= 4 is 5.95 Å². The molecule has 6 nitrogen and oxygen atoms in total. The number of ether oxygens (including phenoxy) is 2. The third-order valence-corrected chi connectivity index (χ3v) is 2.93. The number of rotatable bonds is 3. The second-order valence-electron chi connectivity index (χ2n) is 5.69. The fraction of sp³-hybridized carbons (Fsp3) is 0.400. The average Bonchev–Trinajstić information content (AvgIpc) is 2.45. The van der Waals surface area contributed by atoms with Gasteiger partial charge in [0.05, 0.1) is 14.2 Å². The normalized spacial score (nSPS) is 11.3. The molecular formula is C15H20N4O2. The molecule has 0 aliphatic heterocycles. The van der Waals surface area contributed by atoms with Gasteiger partial charge in [-0.05, 0) is 12.1 Å². The molecule has 0 spiro atoms. The molecule has 2 rings (SSSR count). The van der Waals surface area contributed by atoms with Crippen LogP contribution in [0.1, 0.15) is 26.6 Å². The van der Waals surface area contributed by atoms with E-state index in [0.717, 1.165) is 5.56 Å². The summed E-state index contributed by atoms with van der Waals surface area (Å²) in [5.41, 5.74) is 6.37. The van der Waals surface area contributed by atoms with Crippen molar-refractivity contribution < 1.29 is 9.47 Å². The highest BCUT2D eigenvalue weighted by atomic mass is 16.5. The molecule has 0 saturated heterocycles. The SMILES string of the molecule is COc1cc(OC)cc(-c2nc(N)nc(C(C)(C)C)n2)c1. The smallest absolute Gasteiger partial charge is 0.223 e. The lowest BCUT2D eigenvalue weighted by molar-refractivity contribution is 0.394. The quantitative estimate of drug-likeness (QED) is 0.934. The summed E-state index contributed by atoms with van der Waals surface area (Å²) < 4.78 is 10.5. The van der Waals surface area contributed by atoms with Crippen molar-refractivity contribution in [3.63, 3.8) is 0 Å². The van der Waals surface area contributed by atoms with Gasteiger partial charge in [-0.15, -0.1) is 0 Å². The van der Waals surface area contributed by atoms with Gasteiger partial charge in [-0.3, -0.25) is 0 Å². The zero-order valence-corrected chi connectivity index (χ0v) is 13.0. The van der Waals surface area contributed by atoms with Crippen LogP contribution in [0.5, 0.6) is 11.5 Å². The van der Waals surface area contributed by atoms with Crippen LogP contribution >= 0.6 is 0 Å². The van der Waals surface area contributed by atoms with E-state index >= 15 is 0 Å². The van der Waals surface area contributed by atoms with Crippen LogP contribution in [0.4, 0.5) is 5.95 Å². The van der Waals surface area contributed by atoms with Crippen molar-refractivity contribution in [1.29, 1.82) is 0 Å². The maximum absolute atomic E-state index is 5.81. The molecule has 0 amide bonds. The number of aromatic nitrogens is 3. The predicted molar refractivity (Wildman–Crippen MR) is 81.5 cm³/mol. The van der Waals surface area contributed by atoms with E-state index in [9.17, 15) is 0 Å². The Morgan fingerprint density at radius 1 is 0.905 bits per heavy atom. The van der Waals surface area contributed by atoms with Gasteiger partial charge in [0.1, 0.15) is 17.3 Å². The Labute approximate surface area is 124 Å². The molecule has 0 unspecified atom stereocenters. The molecule has 0 saturated carbocycles. The number of hydrogen-bond donors (Lipinski definition) is 1. The number of benzene rings is 1. The van der Waals surface area contributed by atoms with E-state index in [1.807, 2.05) is 32.9 Å². The van der Waals surface area contributed by atoms with Gasteiger partial charge in [0.15, 0.2) is 5.82 Å². The molecule has 2 N–H and O–H groups in total. The Morgan fingerprint density at radius 2 is 1.48 bits per heavy atom. The van der Waals surface area contributed by atoms with Gasteiger partial charge in [0.25, 0.3) is 0 Å². The van der Waals surface area contributed by atoms with Crippen molar-refractivity contribution in [3.05, 3.63) is 24.0 Å². The molecule has 0 atom stereocenters. The molecule has 1 heterocycles. The van der Waals surface area contributed by atoms with Crippen molar-refractivity contribution in [2.45, 2.75) is 26.2 Å². The van der Waals surface area contributed by atoms with Gasteiger partial charge < -0.3 is 15.2 Å². The minimum absolute atomic E-state index is 0.201. The highest BCUT2D eigenvalue weighted by Gasteiger charge is 2.20. The summed E-state index contributed by atoms with van der Waals surface area (Å²) in [5, 5.41) is 0. The molecule has 6 heteroatoms. The number of nitrogens with two attached hydrogens (primary N) is 1. The molecule has 0 fully saturated rings. The zero-order valence-electron chi connectivity index (χ0n) is 13.0. The van der Waals surface area contributed by atoms with E-state index in [1.54, 1.807) is 20.3 Å². The summed E-state index contributed by atoms with van der Waals surface area (Å²) >= 11 is 0. The number of nitrogens with zero attached hydrogens (tertiary/aromatic N) is 3. The van der Waals surface area contributed by atoms with Crippen LogP contribution in [-0.2, 0) is 5.41 Å². The van der Waals surface area contributed by atoms with E-state index in [2.05, 4.69) is 15.0 Å². The van der Waals surface area contributed by atoms with E-state index < -0.39 is 0 Å². The van der Waals surface area contributed by atoms with E-state index in [1.165, 1.54) is 0 Å².